The lowest BCUT2D eigenvalue weighted by molar-refractivity contribution is 0.101. The number of methoxy groups -OCH3 is 2. The molecule has 1 amide bonds. The summed E-state index contributed by atoms with van der Waals surface area (Å²) in [5.41, 5.74) is 1.15. The molecule has 0 aliphatic carbocycles. The minimum atomic E-state index is -0.252. The van der Waals surface area contributed by atoms with Crippen molar-refractivity contribution in [1.29, 1.82) is 0 Å². The molecule has 0 atom stereocenters. The lowest BCUT2D eigenvalue weighted by Gasteiger charge is -2.09. The molecule has 3 rings (SSSR count). The molecule has 0 radical (unpaired) electrons. The van der Waals surface area contributed by atoms with Gasteiger partial charge in [-0.1, -0.05) is 11.3 Å². The minimum absolute atomic E-state index is 0.0938. The molecule has 126 valence electrons. The van der Waals surface area contributed by atoms with Crippen LogP contribution >= 0.6 is 11.3 Å². The van der Waals surface area contributed by atoms with Crippen LogP contribution in [0.2, 0.25) is 0 Å². The van der Waals surface area contributed by atoms with Gasteiger partial charge < -0.3 is 9.47 Å². The van der Waals surface area contributed by atoms with Crippen LogP contribution in [0.15, 0.2) is 24.4 Å². The van der Waals surface area contributed by atoms with Gasteiger partial charge in [0, 0.05) is 12.2 Å². The Kier molecular flexibility index (Phi) is 4.39. The second-order valence-electron chi connectivity index (χ2n) is 5.38. The molecular weight excluding hydrogens is 328 g/mol. The highest BCUT2D eigenvalue weighted by Gasteiger charge is 2.18. The molecule has 1 aromatic carbocycles. The number of anilines is 1. The first kappa shape index (κ1) is 16.3. The Morgan fingerprint density at radius 3 is 2.58 bits per heavy atom. The number of carbonyl (C=O) groups is 1. The highest BCUT2D eigenvalue weighted by atomic mass is 32.1. The normalized spacial score (nSPS) is 11.0. The molecule has 0 unspecified atom stereocenters. The van der Waals surface area contributed by atoms with Gasteiger partial charge in [0.1, 0.15) is 27.4 Å². The second-order valence-corrected chi connectivity index (χ2v) is 6.37. The summed E-state index contributed by atoms with van der Waals surface area (Å²) in [6.45, 7) is 3.94. The van der Waals surface area contributed by atoms with E-state index < -0.39 is 0 Å². The van der Waals surface area contributed by atoms with Crippen molar-refractivity contribution < 1.29 is 14.3 Å². The van der Waals surface area contributed by atoms with Crippen LogP contribution < -0.4 is 14.8 Å². The maximum absolute atomic E-state index is 12.5. The van der Waals surface area contributed by atoms with E-state index in [2.05, 4.69) is 15.4 Å². The zero-order chi connectivity index (χ0) is 17.3. The number of amides is 1. The van der Waals surface area contributed by atoms with E-state index in [-0.39, 0.29) is 11.9 Å². The predicted molar refractivity (Wildman–Crippen MR) is 93.3 cm³/mol. The lowest BCUT2D eigenvalue weighted by Crippen LogP contribution is -2.18. The van der Waals surface area contributed by atoms with E-state index >= 15 is 0 Å². The van der Waals surface area contributed by atoms with Crippen molar-refractivity contribution in [2.45, 2.75) is 19.9 Å². The summed E-state index contributed by atoms with van der Waals surface area (Å²) in [7, 11) is 3.18. The molecule has 0 aliphatic heterocycles. The van der Waals surface area contributed by atoms with Crippen molar-refractivity contribution in [3.05, 3.63) is 30.1 Å². The standard InChI is InChI=1S/C16H18N4O3S/c1-9(2)20-10(7-8-17-20)15(21)19-16-18-13-11(22-3)5-6-12(23-4)14(13)24-16/h5-9H,1-4H3,(H,18,19,21). The molecule has 1 N–H and O–H groups in total. The molecular formula is C16H18N4O3S. The smallest absolute Gasteiger partial charge is 0.275 e. The first-order valence-corrected chi connectivity index (χ1v) is 8.23. The third-order valence-corrected chi connectivity index (χ3v) is 4.51. The average Bonchev–Trinajstić information content (AvgIpc) is 3.20. The van der Waals surface area contributed by atoms with Gasteiger partial charge in [0.2, 0.25) is 0 Å². The first-order valence-electron chi connectivity index (χ1n) is 7.41. The van der Waals surface area contributed by atoms with Crippen LogP contribution in [0.25, 0.3) is 10.2 Å². The van der Waals surface area contributed by atoms with Crippen LogP contribution in [-0.2, 0) is 0 Å². The van der Waals surface area contributed by atoms with Gasteiger partial charge in [-0.05, 0) is 32.0 Å². The van der Waals surface area contributed by atoms with Gasteiger partial charge >= 0.3 is 0 Å². The maximum atomic E-state index is 12.5. The summed E-state index contributed by atoms with van der Waals surface area (Å²) in [6.07, 6.45) is 1.61. The van der Waals surface area contributed by atoms with E-state index in [1.165, 1.54) is 11.3 Å². The van der Waals surface area contributed by atoms with Gasteiger partial charge in [-0.15, -0.1) is 0 Å². The van der Waals surface area contributed by atoms with E-state index in [4.69, 9.17) is 9.47 Å². The molecule has 3 aromatic rings. The third kappa shape index (κ3) is 2.80. The summed E-state index contributed by atoms with van der Waals surface area (Å²) in [6, 6.07) is 5.39. The van der Waals surface area contributed by atoms with Gasteiger partial charge in [-0.3, -0.25) is 14.8 Å². The molecule has 2 aromatic heterocycles. The molecule has 0 spiro atoms. The number of benzene rings is 1. The number of thiazole rings is 1. The Bertz CT molecular complexity index is 844. The largest absolute Gasteiger partial charge is 0.495 e. The Morgan fingerprint density at radius 1 is 1.21 bits per heavy atom. The van der Waals surface area contributed by atoms with Crippen molar-refractivity contribution in [3.63, 3.8) is 0 Å². The number of nitrogens with zero attached hydrogens (tertiary/aromatic N) is 3. The molecule has 0 saturated heterocycles. The Hall–Kier alpha value is -2.61. The van der Waals surface area contributed by atoms with E-state index in [0.717, 1.165) is 4.70 Å². The molecule has 0 aliphatic rings. The minimum Gasteiger partial charge on any atom is -0.495 e. The SMILES string of the molecule is COc1ccc(OC)c2sc(NC(=O)c3ccnn3C(C)C)nc12. The number of nitrogens with one attached hydrogen (secondary N) is 1. The highest BCUT2D eigenvalue weighted by molar-refractivity contribution is 7.22. The summed E-state index contributed by atoms with van der Waals surface area (Å²) in [4.78, 5) is 17.0. The number of hydrogen-bond acceptors (Lipinski definition) is 6. The number of ether oxygens (including phenoxy) is 2. The molecule has 0 bridgehead atoms. The second kappa shape index (κ2) is 6.48. The number of hydrogen-bond donors (Lipinski definition) is 1. The number of carbonyl (C=O) groups excluding carboxylic acids is 1. The Morgan fingerprint density at radius 2 is 1.92 bits per heavy atom. The zero-order valence-electron chi connectivity index (χ0n) is 13.9. The summed E-state index contributed by atoms with van der Waals surface area (Å²) < 4.78 is 13.2. The van der Waals surface area contributed by atoms with Gasteiger partial charge in [-0.2, -0.15) is 5.10 Å². The zero-order valence-corrected chi connectivity index (χ0v) is 14.7. The van der Waals surface area contributed by atoms with Gasteiger partial charge in [0.05, 0.1) is 14.2 Å². The van der Waals surface area contributed by atoms with Crippen LogP contribution in [0.3, 0.4) is 0 Å². The van der Waals surface area contributed by atoms with E-state index in [9.17, 15) is 4.79 Å². The summed E-state index contributed by atoms with van der Waals surface area (Å²) >= 11 is 1.34. The topological polar surface area (TPSA) is 78.3 Å². The number of rotatable bonds is 5. The van der Waals surface area contributed by atoms with Crippen LogP contribution in [0.5, 0.6) is 11.5 Å². The van der Waals surface area contributed by atoms with E-state index in [1.807, 2.05) is 19.9 Å². The van der Waals surface area contributed by atoms with Gasteiger partial charge in [0.25, 0.3) is 5.91 Å². The Labute approximate surface area is 143 Å². The first-order chi connectivity index (χ1) is 11.5. The van der Waals surface area contributed by atoms with Crippen LogP contribution in [0, 0.1) is 0 Å². The summed E-state index contributed by atoms with van der Waals surface area (Å²) in [5.74, 6) is 1.07. The van der Waals surface area contributed by atoms with Gasteiger partial charge in [0.15, 0.2) is 5.13 Å². The Balaban J connectivity index is 1.95. The van der Waals surface area contributed by atoms with Crippen LogP contribution in [0.4, 0.5) is 5.13 Å². The highest BCUT2D eigenvalue weighted by Crippen LogP contribution is 2.38. The quantitative estimate of drug-likeness (QED) is 0.766. The van der Waals surface area contributed by atoms with Gasteiger partial charge in [-0.25, -0.2) is 4.98 Å². The van der Waals surface area contributed by atoms with Crippen molar-refractivity contribution >= 4 is 32.6 Å². The summed E-state index contributed by atoms with van der Waals surface area (Å²) in [5, 5.41) is 7.48. The molecule has 8 heteroatoms. The van der Waals surface area contributed by atoms with Crippen molar-refractivity contribution in [1.82, 2.24) is 14.8 Å². The van der Waals surface area contributed by atoms with Crippen LogP contribution in [0.1, 0.15) is 30.4 Å². The van der Waals surface area contributed by atoms with E-state index in [0.29, 0.717) is 27.8 Å². The van der Waals surface area contributed by atoms with Crippen molar-refractivity contribution in [3.8, 4) is 11.5 Å². The average molecular weight is 346 g/mol. The third-order valence-electron chi connectivity index (χ3n) is 3.52. The van der Waals surface area contributed by atoms with Crippen molar-refractivity contribution in [2.24, 2.45) is 0 Å². The fourth-order valence-electron chi connectivity index (χ4n) is 2.41. The predicted octanol–water partition coefficient (Wildman–Crippen LogP) is 3.34. The number of fused-ring (bicyclic) bond motifs is 1. The molecule has 0 fully saturated rings. The van der Waals surface area contributed by atoms with E-state index in [1.54, 1.807) is 37.2 Å². The molecule has 0 saturated carbocycles. The monoisotopic (exact) mass is 346 g/mol. The molecule has 24 heavy (non-hydrogen) atoms. The number of aromatic nitrogens is 3. The molecule has 7 nitrogen and oxygen atoms in total. The van der Waals surface area contributed by atoms with Crippen molar-refractivity contribution in [2.75, 3.05) is 19.5 Å². The maximum Gasteiger partial charge on any atom is 0.275 e. The molecule has 2 heterocycles. The fraction of sp³-hybridized carbons (Fsp3) is 0.312. The van der Waals surface area contributed by atoms with Crippen LogP contribution in [-0.4, -0.2) is 34.9 Å². The lowest BCUT2D eigenvalue weighted by atomic mass is 10.3. The fourth-order valence-corrected chi connectivity index (χ4v) is 3.37.